The van der Waals surface area contributed by atoms with E-state index in [2.05, 4.69) is 25.8 Å². The van der Waals surface area contributed by atoms with Crippen LogP contribution in [0.5, 0.6) is 0 Å². The number of carbonyl (C=O) groups is 2. The molecule has 128 valence electrons. The second-order valence-corrected chi connectivity index (χ2v) is 6.22. The maximum absolute atomic E-state index is 11.7. The van der Waals surface area contributed by atoms with Crippen LogP contribution >= 0.6 is 11.8 Å². The number of thioether (sulfide) groups is 1. The molecule has 0 radical (unpaired) electrons. The molecule has 0 spiro atoms. The minimum atomic E-state index is -0.468. The Hall–Kier alpha value is -2.35. The Balaban J connectivity index is 1.79. The van der Waals surface area contributed by atoms with Gasteiger partial charge in [0.2, 0.25) is 11.1 Å². The molecular weight excluding hydrogens is 326 g/mol. The maximum atomic E-state index is 11.7. The number of hydrogen-bond donors (Lipinski definition) is 3. The largest absolute Gasteiger partial charge is 0.338 e. The molecule has 1 heterocycles. The molecule has 0 atom stereocenters. The van der Waals surface area contributed by atoms with Crippen molar-refractivity contribution in [2.75, 3.05) is 12.3 Å². The summed E-state index contributed by atoms with van der Waals surface area (Å²) in [5.74, 6) is 0.345. The zero-order valence-electron chi connectivity index (χ0n) is 13.8. The Bertz CT molecular complexity index is 684. The third-order valence-corrected chi connectivity index (χ3v) is 4.04. The van der Waals surface area contributed by atoms with Crippen LogP contribution in [0.1, 0.15) is 25.3 Å². The standard InChI is InChI=1S/C16H21N5O2S/c1-3-4-9-17-15(23)18-13(22)10-24-16-19-14(20-21-16)12-7-5-11(2)6-8-12/h5-8H,3-4,9-10H2,1-2H3,(H,19,20,21)(H2,17,18,22,23). The molecule has 0 aliphatic rings. The summed E-state index contributed by atoms with van der Waals surface area (Å²) in [5, 5.41) is 12.3. The maximum Gasteiger partial charge on any atom is 0.321 e. The van der Waals surface area contributed by atoms with Gasteiger partial charge in [-0.15, -0.1) is 5.10 Å². The predicted molar refractivity (Wildman–Crippen MR) is 93.7 cm³/mol. The number of aromatic amines is 1. The number of carbonyl (C=O) groups excluding carboxylic acids is 2. The number of rotatable bonds is 7. The molecule has 1 aromatic heterocycles. The fourth-order valence-corrected chi connectivity index (χ4v) is 2.47. The average molecular weight is 347 g/mol. The second-order valence-electron chi connectivity index (χ2n) is 5.28. The summed E-state index contributed by atoms with van der Waals surface area (Å²) in [7, 11) is 0. The number of nitrogens with one attached hydrogen (secondary N) is 3. The van der Waals surface area contributed by atoms with E-state index in [1.54, 1.807) is 0 Å². The first-order valence-electron chi connectivity index (χ1n) is 7.78. The van der Waals surface area contributed by atoms with Crippen molar-refractivity contribution in [3.8, 4) is 11.4 Å². The molecule has 3 N–H and O–H groups in total. The average Bonchev–Trinajstić information content (AvgIpc) is 3.03. The number of urea groups is 1. The van der Waals surface area contributed by atoms with Crippen molar-refractivity contribution in [3.05, 3.63) is 29.8 Å². The minimum Gasteiger partial charge on any atom is -0.338 e. The highest BCUT2D eigenvalue weighted by Crippen LogP contribution is 2.19. The van der Waals surface area contributed by atoms with Crippen molar-refractivity contribution in [1.29, 1.82) is 0 Å². The Morgan fingerprint density at radius 3 is 2.71 bits per heavy atom. The smallest absolute Gasteiger partial charge is 0.321 e. The molecule has 24 heavy (non-hydrogen) atoms. The summed E-state index contributed by atoms with van der Waals surface area (Å²) in [5.41, 5.74) is 2.10. The highest BCUT2D eigenvalue weighted by atomic mass is 32.2. The summed E-state index contributed by atoms with van der Waals surface area (Å²) >= 11 is 1.17. The fraction of sp³-hybridized carbons (Fsp3) is 0.375. The lowest BCUT2D eigenvalue weighted by molar-refractivity contribution is -0.117. The van der Waals surface area contributed by atoms with Crippen LogP contribution < -0.4 is 10.6 Å². The molecule has 0 fully saturated rings. The number of H-pyrrole nitrogens is 1. The lowest BCUT2D eigenvalue weighted by Gasteiger charge is -2.04. The first-order valence-corrected chi connectivity index (χ1v) is 8.77. The van der Waals surface area contributed by atoms with Gasteiger partial charge in [-0.25, -0.2) is 9.78 Å². The number of aromatic nitrogens is 3. The lowest BCUT2D eigenvalue weighted by Crippen LogP contribution is -2.40. The van der Waals surface area contributed by atoms with E-state index in [4.69, 9.17) is 0 Å². The number of benzene rings is 1. The molecule has 2 aromatic rings. The SMILES string of the molecule is CCCCNC(=O)NC(=O)CSc1n[nH]c(-c2ccc(C)cc2)n1. The third-order valence-electron chi connectivity index (χ3n) is 3.19. The Morgan fingerprint density at radius 1 is 1.25 bits per heavy atom. The number of aryl methyl sites for hydroxylation is 1. The van der Waals surface area contributed by atoms with E-state index in [0.717, 1.165) is 18.4 Å². The van der Waals surface area contributed by atoms with Gasteiger partial charge in [-0.1, -0.05) is 54.9 Å². The van der Waals surface area contributed by atoms with Gasteiger partial charge in [-0.3, -0.25) is 15.2 Å². The third kappa shape index (κ3) is 5.69. The van der Waals surface area contributed by atoms with E-state index < -0.39 is 6.03 Å². The Labute approximate surface area is 145 Å². The lowest BCUT2D eigenvalue weighted by atomic mass is 10.1. The van der Waals surface area contributed by atoms with Crippen molar-refractivity contribution in [2.24, 2.45) is 0 Å². The van der Waals surface area contributed by atoms with Crippen molar-refractivity contribution < 1.29 is 9.59 Å². The van der Waals surface area contributed by atoms with Crippen LogP contribution in [0.25, 0.3) is 11.4 Å². The summed E-state index contributed by atoms with van der Waals surface area (Å²) in [6.45, 7) is 4.61. The van der Waals surface area contributed by atoms with Crippen molar-refractivity contribution in [3.63, 3.8) is 0 Å². The topological polar surface area (TPSA) is 99.8 Å². The van der Waals surface area contributed by atoms with Crippen molar-refractivity contribution in [1.82, 2.24) is 25.8 Å². The number of nitrogens with zero attached hydrogens (tertiary/aromatic N) is 2. The fourth-order valence-electron chi connectivity index (χ4n) is 1.87. The number of amides is 3. The summed E-state index contributed by atoms with van der Waals surface area (Å²) in [6, 6.07) is 7.43. The van der Waals surface area contributed by atoms with Crippen LogP contribution in [0.3, 0.4) is 0 Å². The van der Waals surface area contributed by atoms with Crippen molar-refractivity contribution >= 4 is 23.7 Å². The van der Waals surface area contributed by atoms with Gasteiger partial charge in [0, 0.05) is 12.1 Å². The van der Waals surface area contributed by atoms with Gasteiger partial charge < -0.3 is 5.32 Å². The molecule has 0 bridgehead atoms. The molecular formula is C16H21N5O2S. The Morgan fingerprint density at radius 2 is 2.00 bits per heavy atom. The van der Waals surface area contributed by atoms with Gasteiger partial charge in [-0.05, 0) is 13.3 Å². The highest BCUT2D eigenvalue weighted by Gasteiger charge is 2.11. The molecule has 0 saturated carbocycles. The van der Waals surface area contributed by atoms with Gasteiger partial charge in [0.1, 0.15) is 0 Å². The van der Waals surface area contributed by atoms with Crippen LogP contribution in [0.15, 0.2) is 29.4 Å². The van der Waals surface area contributed by atoms with Crippen LogP contribution in [-0.2, 0) is 4.79 Å². The van der Waals surface area contributed by atoms with Gasteiger partial charge in [0.15, 0.2) is 5.82 Å². The monoisotopic (exact) mass is 347 g/mol. The van der Waals surface area contributed by atoms with Crippen molar-refractivity contribution in [2.45, 2.75) is 31.8 Å². The quantitative estimate of drug-likeness (QED) is 0.528. The predicted octanol–water partition coefficient (Wildman–Crippen LogP) is 2.50. The van der Waals surface area contributed by atoms with E-state index >= 15 is 0 Å². The van der Waals surface area contributed by atoms with Crippen LogP contribution in [-0.4, -0.2) is 39.4 Å². The molecule has 0 saturated heterocycles. The molecule has 3 amide bonds. The number of hydrogen-bond acceptors (Lipinski definition) is 5. The number of imide groups is 1. The molecule has 0 aliphatic heterocycles. The number of unbranched alkanes of at least 4 members (excludes halogenated alkanes) is 1. The molecule has 7 nitrogen and oxygen atoms in total. The zero-order valence-corrected chi connectivity index (χ0v) is 14.6. The Kier molecular flexibility index (Phi) is 6.80. The van der Waals surface area contributed by atoms with Crippen LogP contribution in [0.2, 0.25) is 0 Å². The summed E-state index contributed by atoms with van der Waals surface area (Å²) < 4.78 is 0. The van der Waals surface area contributed by atoms with Crippen LogP contribution in [0, 0.1) is 6.92 Å². The highest BCUT2D eigenvalue weighted by molar-refractivity contribution is 7.99. The van der Waals surface area contributed by atoms with Gasteiger partial charge in [0.25, 0.3) is 0 Å². The molecule has 2 rings (SSSR count). The normalized spacial score (nSPS) is 10.4. The summed E-state index contributed by atoms with van der Waals surface area (Å²) in [6.07, 6.45) is 1.87. The second kappa shape index (κ2) is 9.07. The first kappa shape index (κ1) is 18.0. The van der Waals surface area contributed by atoms with E-state index in [1.807, 2.05) is 38.1 Å². The van der Waals surface area contributed by atoms with E-state index in [9.17, 15) is 9.59 Å². The van der Waals surface area contributed by atoms with Gasteiger partial charge in [-0.2, -0.15) is 0 Å². The van der Waals surface area contributed by atoms with Gasteiger partial charge in [0.05, 0.1) is 5.75 Å². The molecule has 8 heteroatoms. The van der Waals surface area contributed by atoms with Gasteiger partial charge >= 0.3 is 6.03 Å². The molecule has 1 aromatic carbocycles. The molecule has 0 unspecified atom stereocenters. The first-order chi connectivity index (χ1) is 11.6. The zero-order chi connectivity index (χ0) is 17.4. The molecule has 0 aliphatic carbocycles. The van der Waals surface area contributed by atoms with Crippen LogP contribution in [0.4, 0.5) is 4.79 Å². The van der Waals surface area contributed by atoms with E-state index in [1.165, 1.54) is 17.3 Å². The van der Waals surface area contributed by atoms with E-state index in [-0.39, 0.29) is 11.7 Å². The summed E-state index contributed by atoms with van der Waals surface area (Å²) in [4.78, 5) is 27.5. The van der Waals surface area contributed by atoms with E-state index in [0.29, 0.717) is 17.5 Å². The minimum absolute atomic E-state index is 0.0758.